The van der Waals surface area contributed by atoms with E-state index in [1.54, 1.807) is 24.4 Å². The molecule has 2 rings (SSSR count). The van der Waals surface area contributed by atoms with Crippen LogP contribution in [0.4, 0.5) is 0 Å². The highest BCUT2D eigenvalue weighted by Crippen LogP contribution is 1.83. The van der Waals surface area contributed by atoms with Crippen LogP contribution in [0.1, 0.15) is 0 Å². The first kappa shape index (κ1) is 8.67. The first-order valence-electron chi connectivity index (χ1n) is 3.32. The summed E-state index contributed by atoms with van der Waals surface area (Å²) in [5, 5.41) is 8.76. The Morgan fingerprint density at radius 2 is 2.25 bits per heavy atom. The lowest BCUT2D eigenvalue weighted by Crippen LogP contribution is -1.91. The Bertz CT molecular complexity index is 307. The summed E-state index contributed by atoms with van der Waals surface area (Å²) >= 11 is 1.46. The van der Waals surface area contributed by atoms with Gasteiger partial charge in [-0.15, -0.1) is 0 Å². The van der Waals surface area contributed by atoms with Crippen LogP contribution in [0.25, 0.3) is 0 Å². The van der Waals surface area contributed by atoms with Crippen LogP contribution in [0.15, 0.2) is 46.5 Å². The van der Waals surface area contributed by atoms with E-state index in [4.69, 9.17) is 5.41 Å². The second kappa shape index (κ2) is 5.26. The number of nitrogens with one attached hydrogen (secondary N) is 1. The fraction of sp³-hybridized carbons (Fsp3) is 0. The number of hydrogen-bond donors (Lipinski definition) is 1. The van der Waals surface area contributed by atoms with Crippen molar-refractivity contribution in [1.82, 2.24) is 4.37 Å². The van der Waals surface area contributed by atoms with Crippen LogP contribution in [0.2, 0.25) is 0 Å². The SMILES string of the molecule is N=c1cccco1.c1cnsc1. The van der Waals surface area contributed by atoms with Crippen molar-refractivity contribution in [3.63, 3.8) is 0 Å². The van der Waals surface area contributed by atoms with E-state index in [0.717, 1.165) is 0 Å². The van der Waals surface area contributed by atoms with Crippen molar-refractivity contribution in [2.45, 2.75) is 0 Å². The summed E-state index contributed by atoms with van der Waals surface area (Å²) in [4.78, 5) is 0. The van der Waals surface area contributed by atoms with Gasteiger partial charge in [0.15, 0.2) is 0 Å². The molecule has 0 fully saturated rings. The molecule has 0 unspecified atom stereocenters. The summed E-state index contributed by atoms with van der Waals surface area (Å²) < 4.78 is 8.36. The van der Waals surface area contributed by atoms with Crippen LogP contribution < -0.4 is 5.55 Å². The molecule has 4 heteroatoms. The number of hydrogen-bond acceptors (Lipinski definition) is 4. The van der Waals surface area contributed by atoms with Crippen LogP contribution in [-0.4, -0.2) is 4.37 Å². The van der Waals surface area contributed by atoms with E-state index in [9.17, 15) is 0 Å². The minimum absolute atomic E-state index is 0.197. The Morgan fingerprint density at radius 3 is 2.50 bits per heavy atom. The molecule has 0 aliphatic carbocycles. The fourth-order valence-corrected chi connectivity index (χ4v) is 0.867. The molecule has 2 aromatic heterocycles. The Morgan fingerprint density at radius 1 is 1.33 bits per heavy atom. The van der Waals surface area contributed by atoms with Gasteiger partial charge in [0.1, 0.15) is 0 Å². The molecule has 0 aromatic carbocycles. The molecule has 0 radical (unpaired) electrons. The number of rotatable bonds is 0. The second-order valence-electron chi connectivity index (χ2n) is 1.86. The van der Waals surface area contributed by atoms with Gasteiger partial charge >= 0.3 is 0 Å². The largest absolute Gasteiger partial charge is 0.447 e. The summed E-state index contributed by atoms with van der Waals surface area (Å²) in [6.07, 6.45) is 3.24. The zero-order valence-electron chi connectivity index (χ0n) is 6.31. The zero-order chi connectivity index (χ0) is 8.65. The van der Waals surface area contributed by atoms with Crippen LogP contribution in [-0.2, 0) is 0 Å². The van der Waals surface area contributed by atoms with E-state index in [1.165, 1.54) is 17.8 Å². The van der Waals surface area contributed by atoms with Gasteiger partial charge in [-0.1, -0.05) is 6.07 Å². The van der Waals surface area contributed by atoms with E-state index >= 15 is 0 Å². The molecule has 1 N–H and O–H groups in total. The second-order valence-corrected chi connectivity index (χ2v) is 2.55. The molecule has 62 valence electrons. The Kier molecular flexibility index (Phi) is 3.80. The van der Waals surface area contributed by atoms with Gasteiger partial charge < -0.3 is 4.42 Å². The summed E-state index contributed by atoms with van der Waals surface area (Å²) in [5.41, 5.74) is 0.197. The fourth-order valence-electron chi connectivity index (χ4n) is 0.516. The summed E-state index contributed by atoms with van der Waals surface area (Å²) in [7, 11) is 0. The highest BCUT2D eigenvalue weighted by molar-refractivity contribution is 7.03. The predicted molar refractivity (Wildman–Crippen MR) is 46.7 cm³/mol. The molecular formula is C8H8N2OS. The van der Waals surface area contributed by atoms with Crippen molar-refractivity contribution >= 4 is 11.5 Å². The van der Waals surface area contributed by atoms with Gasteiger partial charge in [0.2, 0.25) is 5.55 Å². The maximum absolute atomic E-state index is 6.83. The molecule has 0 atom stereocenters. The van der Waals surface area contributed by atoms with Crippen molar-refractivity contribution in [3.05, 3.63) is 47.7 Å². The molecule has 2 heterocycles. The lowest BCUT2D eigenvalue weighted by atomic mass is 10.5. The predicted octanol–water partition coefficient (Wildman–Crippen LogP) is 1.90. The third-order valence-electron chi connectivity index (χ3n) is 0.979. The van der Waals surface area contributed by atoms with Crippen molar-refractivity contribution in [1.29, 1.82) is 5.41 Å². The van der Waals surface area contributed by atoms with Crippen LogP contribution in [0.3, 0.4) is 0 Å². The normalized spacial score (nSPS) is 8.33. The summed E-state index contributed by atoms with van der Waals surface area (Å²) in [5.74, 6) is 0. The first-order valence-corrected chi connectivity index (χ1v) is 4.16. The van der Waals surface area contributed by atoms with Gasteiger partial charge in [0.05, 0.1) is 6.26 Å². The summed E-state index contributed by atoms with van der Waals surface area (Å²) in [6, 6.07) is 6.98. The average Bonchev–Trinajstić information content (AvgIpc) is 2.62. The third-order valence-corrected chi connectivity index (χ3v) is 1.50. The maximum atomic E-state index is 6.83. The van der Waals surface area contributed by atoms with Crippen LogP contribution in [0, 0.1) is 5.41 Å². The molecular weight excluding hydrogens is 172 g/mol. The van der Waals surface area contributed by atoms with Crippen LogP contribution in [0.5, 0.6) is 0 Å². The topological polar surface area (TPSA) is 49.9 Å². The molecule has 12 heavy (non-hydrogen) atoms. The first-order chi connectivity index (χ1) is 5.89. The molecule has 0 aliphatic heterocycles. The van der Waals surface area contributed by atoms with Crippen molar-refractivity contribution in [2.75, 3.05) is 0 Å². The van der Waals surface area contributed by atoms with Crippen molar-refractivity contribution in [2.24, 2.45) is 0 Å². The lowest BCUT2D eigenvalue weighted by Gasteiger charge is -1.75. The Hall–Kier alpha value is -1.42. The van der Waals surface area contributed by atoms with Gasteiger partial charge in [0.25, 0.3) is 0 Å². The molecule has 0 aliphatic rings. The van der Waals surface area contributed by atoms with Gasteiger partial charge in [-0.25, -0.2) is 4.37 Å². The van der Waals surface area contributed by atoms with Gasteiger partial charge in [-0.2, -0.15) is 0 Å². The van der Waals surface area contributed by atoms with E-state index in [2.05, 4.69) is 8.79 Å². The molecule has 3 nitrogen and oxygen atoms in total. The molecule has 0 amide bonds. The highest BCUT2D eigenvalue weighted by Gasteiger charge is 1.68. The third kappa shape index (κ3) is 3.68. The molecule has 0 bridgehead atoms. The van der Waals surface area contributed by atoms with E-state index in [-0.39, 0.29) is 5.55 Å². The highest BCUT2D eigenvalue weighted by atomic mass is 32.1. The minimum Gasteiger partial charge on any atom is -0.447 e. The minimum atomic E-state index is 0.197. The van der Waals surface area contributed by atoms with Gasteiger partial charge in [-0.05, 0) is 23.7 Å². The Balaban J connectivity index is 0.000000127. The molecule has 0 saturated heterocycles. The lowest BCUT2D eigenvalue weighted by molar-refractivity contribution is 0.486. The molecule has 0 saturated carbocycles. The zero-order valence-corrected chi connectivity index (χ0v) is 7.12. The monoisotopic (exact) mass is 180 g/mol. The number of aromatic nitrogens is 1. The number of nitrogens with zero attached hydrogens (tertiary/aromatic N) is 1. The van der Waals surface area contributed by atoms with E-state index in [1.807, 2.05) is 11.4 Å². The van der Waals surface area contributed by atoms with Gasteiger partial charge in [0, 0.05) is 17.6 Å². The average molecular weight is 180 g/mol. The van der Waals surface area contributed by atoms with Crippen molar-refractivity contribution in [3.8, 4) is 0 Å². The summed E-state index contributed by atoms with van der Waals surface area (Å²) in [6.45, 7) is 0. The molecule has 0 spiro atoms. The molecule has 2 aromatic rings. The van der Waals surface area contributed by atoms with Gasteiger partial charge in [-0.3, -0.25) is 5.41 Å². The van der Waals surface area contributed by atoms with E-state index < -0.39 is 0 Å². The van der Waals surface area contributed by atoms with Crippen molar-refractivity contribution < 1.29 is 4.42 Å². The van der Waals surface area contributed by atoms with Crippen LogP contribution >= 0.6 is 11.5 Å². The quantitative estimate of drug-likeness (QED) is 0.673. The Labute approximate surface area is 74.0 Å². The van der Waals surface area contributed by atoms with E-state index in [0.29, 0.717) is 0 Å². The maximum Gasteiger partial charge on any atom is 0.210 e. The smallest absolute Gasteiger partial charge is 0.210 e. The standard InChI is InChI=1S/C5H5NO.C3H3NS/c6-5-3-1-2-4-7-5;1-2-4-5-3-1/h1-4,6H;1-3H.